The first kappa shape index (κ1) is 84.3. The van der Waals surface area contributed by atoms with Crippen molar-refractivity contribution in [2.24, 2.45) is 37.0 Å². The number of aryl methyl sites for hydroxylation is 5. The van der Waals surface area contributed by atoms with E-state index in [0.717, 1.165) is 79.3 Å². The summed E-state index contributed by atoms with van der Waals surface area (Å²) in [4.78, 5) is 139. The predicted octanol–water partition coefficient (Wildman–Crippen LogP) is 15.6. The molecule has 121 heavy (non-hydrogen) atoms. The van der Waals surface area contributed by atoms with Gasteiger partial charge >= 0.3 is 6.09 Å². The number of carbonyl (C=O) groups excluding carboxylic acids is 9. The van der Waals surface area contributed by atoms with Crippen LogP contribution in [0.25, 0.3) is 17.0 Å². The standard InChI is InChI=1S/C52H58N6O9.C42H43N7O5/c1-5-24-66-52(63)58-42-31-45(33(2)27-39(42)50(62)57-23-11-9-16-41(57)51(58)67-47-18-10-12-25-65-47)64-26-13-17-46(60)53-38-30-43(56(4)32-38)44(59)29-35-19-21-36(22-20-35)40-28-34(3)48(55-40)49(61)54-37-14-7-6-8-15-37;1-27-20-33-34(43-24-32-12-7-8-18-49(32)42(33)53)23-38(27)54-19-9-13-39(51)44-31-22-36(47(2)25-31)37(50)21-28-14-16-29(17-15-28)35-26-48(3)40(46-35)41(52)45-30-10-5-4-6-11-30/h5-8,14-15,19-22,27-28,30-32,34,41,47,51H,1,9-13,16-18,23-26,29H2,2-4H3,(H,53,60)(H,54,61);4-6,10-11,14-17,20,22-26,32H,7-9,12-13,18-19,21H2,1-3H3,(H,44,51)(H,45,52)/t34?,41-,47?,51?;32-/m00/s1. The summed E-state index contributed by atoms with van der Waals surface area (Å²) in [6, 6.07) is 43.7. The van der Waals surface area contributed by atoms with Crippen LogP contribution in [0, 0.1) is 19.8 Å². The van der Waals surface area contributed by atoms with Crippen molar-refractivity contribution < 1.29 is 66.8 Å². The van der Waals surface area contributed by atoms with Gasteiger partial charge in [-0.1, -0.05) is 105 Å². The van der Waals surface area contributed by atoms with Crippen molar-refractivity contribution >= 4 is 105 Å². The number of piperidine rings is 2. The van der Waals surface area contributed by atoms with Crippen molar-refractivity contribution in [3.05, 3.63) is 239 Å². The molecule has 9 heterocycles. The lowest BCUT2D eigenvalue weighted by molar-refractivity contribution is -0.198. The highest BCUT2D eigenvalue weighted by molar-refractivity contribution is 6.45. The van der Waals surface area contributed by atoms with Crippen LogP contribution in [0.2, 0.25) is 0 Å². The number of hydrogen-bond acceptors (Lipinski definition) is 17. The summed E-state index contributed by atoms with van der Waals surface area (Å²) in [6.45, 7) is 11.7. The number of anilines is 5. The molecule has 3 fully saturated rings. The molecule has 0 saturated carbocycles. The van der Waals surface area contributed by atoms with E-state index in [1.165, 1.54) is 11.0 Å². The highest BCUT2D eigenvalue weighted by Gasteiger charge is 2.47. The van der Waals surface area contributed by atoms with E-state index in [1.54, 1.807) is 77.7 Å². The van der Waals surface area contributed by atoms with Gasteiger partial charge in [0, 0.05) is 126 Å². The Bertz CT molecular complexity index is 5470. The maximum Gasteiger partial charge on any atom is 0.416 e. The first-order valence-corrected chi connectivity index (χ1v) is 41.4. The van der Waals surface area contributed by atoms with Crippen LogP contribution in [-0.4, -0.2) is 158 Å². The van der Waals surface area contributed by atoms with Crippen LogP contribution >= 0.6 is 0 Å². The Morgan fingerprint density at radius 1 is 0.587 bits per heavy atom. The molecule has 3 unspecified atom stereocenters. The average molecular weight is 1640 g/mol. The second-order valence-corrected chi connectivity index (χ2v) is 31.3. The van der Waals surface area contributed by atoms with Crippen LogP contribution in [0.5, 0.6) is 11.5 Å². The number of carbonyl (C=O) groups is 9. The number of hydrogen-bond donors (Lipinski definition) is 4. The number of nitrogens with zero attached hydrogens (tertiary/aromatic N) is 9. The first-order valence-electron chi connectivity index (χ1n) is 41.4. The maximum absolute atomic E-state index is 14.2. The summed E-state index contributed by atoms with van der Waals surface area (Å²) >= 11 is 0. The Labute approximate surface area is 702 Å². The third-order valence-corrected chi connectivity index (χ3v) is 22.3. The van der Waals surface area contributed by atoms with Crippen molar-refractivity contribution in [3.8, 4) is 22.8 Å². The summed E-state index contributed by atoms with van der Waals surface area (Å²) in [6.07, 6.45) is 18.0. The molecule has 626 valence electrons. The number of amides is 7. The van der Waals surface area contributed by atoms with Gasteiger partial charge in [-0.25, -0.2) is 19.7 Å². The molecule has 6 aliphatic rings. The Hall–Kier alpha value is -13.1. The summed E-state index contributed by atoms with van der Waals surface area (Å²) in [7, 11) is 5.31. The topological polar surface area (TPSA) is 310 Å². The molecule has 3 aromatic heterocycles. The molecule has 3 saturated heterocycles. The van der Waals surface area contributed by atoms with Crippen molar-refractivity contribution in [2.45, 2.75) is 142 Å². The lowest BCUT2D eigenvalue weighted by Gasteiger charge is -2.42. The summed E-state index contributed by atoms with van der Waals surface area (Å²) in [5, 5.41) is 11.6. The van der Waals surface area contributed by atoms with Crippen LogP contribution < -0.4 is 35.6 Å². The number of aromatic nitrogens is 4. The zero-order chi connectivity index (χ0) is 84.8. The number of Topliss-reactive ketones (excluding diaryl/α,β-unsaturated/α-hetero) is 2. The average Bonchev–Trinajstić information content (AvgIpc) is 1.62. The van der Waals surface area contributed by atoms with Gasteiger partial charge in [-0.05, 0) is 167 Å². The minimum absolute atomic E-state index is 0.0160. The number of ether oxygens (including phenoxy) is 5. The van der Waals surface area contributed by atoms with Gasteiger partial charge in [0.25, 0.3) is 23.6 Å². The fourth-order valence-corrected chi connectivity index (χ4v) is 16.0. The molecule has 6 aromatic carbocycles. The molecule has 27 nitrogen and oxygen atoms in total. The normalized spacial score (nSPS) is 17.8. The Kier molecular flexibility index (Phi) is 27.0. The first-order chi connectivity index (χ1) is 58.6. The van der Waals surface area contributed by atoms with Gasteiger partial charge in [0.15, 0.2) is 29.9 Å². The molecule has 0 bridgehead atoms. The second kappa shape index (κ2) is 38.7. The largest absolute Gasteiger partial charge is 0.493 e. The monoisotopic (exact) mass is 1640 g/mol. The van der Waals surface area contributed by atoms with Gasteiger partial charge in [-0.2, -0.15) is 0 Å². The SMILES string of the molecule is C=CCOC(=O)N1c2cc(OCCCC(=O)Nc3cc(C(=O)Cc4ccc(C5=CC(C)C(C(=O)Nc6ccccc6)=N5)cc4)n(C)c3)c(C)cc2C(=O)N2CCCC[C@H]2C1OC1CCCCO1.Cc1cc2c(cc1OCCCC(=O)Nc1cc(C(=O)Cc3ccc(-c4cn(C)c(C(=O)Nc5ccccc5)n4)cc3)n(C)c1)N=C[C@@H]1CCCCN1C2=O. The number of nitrogens with one attached hydrogen (secondary N) is 4. The lowest BCUT2D eigenvalue weighted by Crippen LogP contribution is -2.57. The quantitative estimate of drug-likeness (QED) is 0.0201. The number of para-hydroxylation sites is 2. The van der Waals surface area contributed by atoms with E-state index in [1.807, 2.05) is 164 Å². The maximum atomic E-state index is 14.2. The van der Waals surface area contributed by atoms with Crippen molar-refractivity contribution in [3.63, 3.8) is 0 Å². The number of fused-ring (bicyclic) bond motifs is 4. The van der Waals surface area contributed by atoms with Crippen LogP contribution in [0.3, 0.4) is 0 Å². The summed E-state index contributed by atoms with van der Waals surface area (Å²) in [5.41, 5.74) is 11.9. The number of aliphatic imine (C=N–C) groups is 2. The molecule has 0 aliphatic carbocycles. The summed E-state index contributed by atoms with van der Waals surface area (Å²) < 4.78 is 35.5. The third-order valence-electron chi connectivity index (χ3n) is 22.3. The number of allylic oxidation sites excluding steroid dienone is 1. The van der Waals surface area contributed by atoms with E-state index in [0.29, 0.717) is 136 Å². The van der Waals surface area contributed by atoms with E-state index in [2.05, 4.69) is 42.8 Å². The predicted molar refractivity (Wildman–Crippen MR) is 463 cm³/mol. The lowest BCUT2D eigenvalue weighted by atomic mass is 10.00. The number of rotatable bonds is 28. The minimum Gasteiger partial charge on any atom is -0.493 e. The zero-order valence-corrected chi connectivity index (χ0v) is 69.0. The van der Waals surface area contributed by atoms with Gasteiger partial charge in [-0.15, -0.1) is 0 Å². The third kappa shape index (κ3) is 20.4. The smallest absolute Gasteiger partial charge is 0.416 e. The number of benzene rings is 6. The molecule has 6 aliphatic heterocycles. The molecule has 15 rings (SSSR count). The van der Waals surface area contributed by atoms with Crippen LogP contribution in [0.15, 0.2) is 193 Å². The Morgan fingerprint density at radius 2 is 1.15 bits per heavy atom. The number of ketones is 2. The van der Waals surface area contributed by atoms with Crippen LogP contribution in [0.1, 0.15) is 171 Å². The second-order valence-electron chi connectivity index (χ2n) is 31.3. The van der Waals surface area contributed by atoms with Crippen molar-refractivity contribution in [2.75, 3.05) is 65.7 Å². The van der Waals surface area contributed by atoms with Crippen LogP contribution in [-0.2, 0) is 62.6 Å². The van der Waals surface area contributed by atoms with Gasteiger partial charge in [-0.3, -0.25) is 43.3 Å². The molecule has 0 radical (unpaired) electrons. The summed E-state index contributed by atoms with van der Waals surface area (Å²) in [5.74, 6) is -0.111. The van der Waals surface area contributed by atoms with Crippen molar-refractivity contribution in [1.82, 2.24) is 28.5 Å². The molecule has 5 atom stereocenters. The van der Waals surface area contributed by atoms with Gasteiger partial charge in [0.05, 0.1) is 82.0 Å². The highest BCUT2D eigenvalue weighted by Crippen LogP contribution is 2.41. The fourth-order valence-electron chi connectivity index (χ4n) is 16.0. The van der Waals surface area contributed by atoms with E-state index in [9.17, 15) is 43.2 Å². The van der Waals surface area contributed by atoms with Gasteiger partial charge in [0.1, 0.15) is 23.8 Å². The molecular weight excluding hydrogens is 1540 g/mol. The molecular formula is C94H101N13O14. The molecule has 27 heteroatoms. The van der Waals surface area contributed by atoms with E-state index in [4.69, 9.17) is 23.7 Å². The Balaban J connectivity index is 0.000000202. The molecule has 0 spiro atoms. The zero-order valence-electron chi connectivity index (χ0n) is 69.0. The van der Waals surface area contributed by atoms with E-state index >= 15 is 0 Å². The van der Waals surface area contributed by atoms with E-state index < -0.39 is 24.7 Å². The highest BCUT2D eigenvalue weighted by atomic mass is 16.7. The molecule has 9 aromatic rings. The molecule has 4 N–H and O–H groups in total. The van der Waals surface area contributed by atoms with E-state index in [-0.39, 0.29) is 104 Å². The minimum atomic E-state index is -0.859. The van der Waals surface area contributed by atoms with Gasteiger partial charge < -0.3 is 68.5 Å². The van der Waals surface area contributed by atoms with Gasteiger partial charge in [0.2, 0.25) is 11.8 Å². The molecule has 7 amide bonds. The fraction of sp³-hybridized carbons (Fsp3) is 0.340. The number of imidazole rings is 1. The van der Waals surface area contributed by atoms with Crippen LogP contribution in [0.4, 0.5) is 38.9 Å². The Morgan fingerprint density at radius 3 is 1.75 bits per heavy atom. The van der Waals surface area contributed by atoms with Crippen molar-refractivity contribution in [1.29, 1.82) is 0 Å².